The highest BCUT2D eigenvalue weighted by Gasteiger charge is 2.12. The predicted molar refractivity (Wildman–Crippen MR) is 73.5 cm³/mol. The van der Waals surface area contributed by atoms with Gasteiger partial charge in [-0.15, -0.1) is 0 Å². The van der Waals surface area contributed by atoms with E-state index in [0.29, 0.717) is 6.04 Å². The Balaban J connectivity index is 1.80. The second-order valence-corrected chi connectivity index (χ2v) is 4.73. The minimum atomic E-state index is 0.623. The Kier molecular flexibility index (Phi) is 2.97. The van der Waals surface area contributed by atoms with Gasteiger partial charge in [0.15, 0.2) is 0 Å². The summed E-state index contributed by atoms with van der Waals surface area (Å²) >= 11 is 0. The number of hydrogen-bond donors (Lipinski definition) is 2. The van der Waals surface area contributed by atoms with Crippen molar-refractivity contribution in [3.8, 4) is 0 Å². The average Bonchev–Trinajstić information content (AvgIpc) is 2.40. The number of nitrogens with one attached hydrogen (secondary N) is 2. The lowest BCUT2D eigenvalue weighted by Crippen LogP contribution is -2.35. The van der Waals surface area contributed by atoms with E-state index in [4.69, 9.17) is 0 Å². The van der Waals surface area contributed by atoms with Crippen molar-refractivity contribution in [2.75, 3.05) is 18.4 Å². The van der Waals surface area contributed by atoms with E-state index in [1.165, 1.54) is 29.3 Å². The summed E-state index contributed by atoms with van der Waals surface area (Å²) in [6.45, 7) is 2.26. The fraction of sp³-hybridized carbons (Fsp3) is 0.333. The molecular weight excluding hydrogens is 208 g/mol. The van der Waals surface area contributed by atoms with Gasteiger partial charge in [0.1, 0.15) is 0 Å². The van der Waals surface area contributed by atoms with Crippen LogP contribution in [0.3, 0.4) is 0 Å². The molecule has 1 heterocycles. The molecule has 2 aromatic rings. The Morgan fingerprint density at radius 3 is 2.53 bits per heavy atom. The van der Waals surface area contributed by atoms with Gasteiger partial charge in [-0.25, -0.2) is 0 Å². The number of fused-ring (bicyclic) bond motifs is 1. The molecule has 1 fully saturated rings. The zero-order valence-corrected chi connectivity index (χ0v) is 9.95. The summed E-state index contributed by atoms with van der Waals surface area (Å²) in [5.41, 5.74) is 1.25. The minimum Gasteiger partial charge on any atom is -0.382 e. The molecule has 2 heteroatoms. The van der Waals surface area contributed by atoms with Crippen LogP contribution in [0, 0.1) is 0 Å². The maximum Gasteiger partial charge on any atom is 0.0348 e. The molecule has 3 rings (SSSR count). The number of piperidine rings is 1. The highest BCUT2D eigenvalue weighted by Crippen LogP contribution is 2.20. The molecular formula is C15H18N2. The zero-order chi connectivity index (χ0) is 11.5. The van der Waals surface area contributed by atoms with Crippen LogP contribution in [0.25, 0.3) is 10.8 Å². The molecule has 0 bridgehead atoms. The van der Waals surface area contributed by atoms with Gasteiger partial charge >= 0.3 is 0 Å². The molecule has 17 heavy (non-hydrogen) atoms. The fourth-order valence-electron chi connectivity index (χ4n) is 2.48. The summed E-state index contributed by atoms with van der Waals surface area (Å²) in [5.74, 6) is 0. The molecule has 2 aromatic carbocycles. The number of hydrogen-bond acceptors (Lipinski definition) is 2. The number of anilines is 1. The van der Waals surface area contributed by atoms with Crippen molar-refractivity contribution in [1.29, 1.82) is 0 Å². The molecule has 88 valence electrons. The largest absolute Gasteiger partial charge is 0.382 e. The molecule has 0 aliphatic carbocycles. The van der Waals surface area contributed by atoms with E-state index in [9.17, 15) is 0 Å². The van der Waals surface area contributed by atoms with Crippen LogP contribution in [-0.2, 0) is 0 Å². The van der Waals surface area contributed by atoms with Crippen LogP contribution < -0.4 is 10.6 Å². The van der Waals surface area contributed by atoms with Gasteiger partial charge in [0.2, 0.25) is 0 Å². The fourth-order valence-corrected chi connectivity index (χ4v) is 2.48. The quantitative estimate of drug-likeness (QED) is 0.822. The topological polar surface area (TPSA) is 24.1 Å². The number of rotatable bonds is 2. The van der Waals surface area contributed by atoms with Crippen LogP contribution in [0.5, 0.6) is 0 Å². The first-order chi connectivity index (χ1) is 8.42. The van der Waals surface area contributed by atoms with Gasteiger partial charge in [0.05, 0.1) is 0 Å². The van der Waals surface area contributed by atoms with Gasteiger partial charge in [-0.05, 0) is 48.8 Å². The Morgan fingerprint density at radius 2 is 1.71 bits per heavy atom. The summed E-state index contributed by atoms with van der Waals surface area (Å²) < 4.78 is 0. The Labute approximate surface area is 102 Å². The van der Waals surface area contributed by atoms with Gasteiger partial charge in [-0.1, -0.05) is 30.3 Å². The molecule has 0 aromatic heterocycles. The third-order valence-corrected chi connectivity index (χ3v) is 3.46. The summed E-state index contributed by atoms with van der Waals surface area (Å²) in [7, 11) is 0. The van der Waals surface area contributed by atoms with E-state index < -0.39 is 0 Å². The van der Waals surface area contributed by atoms with E-state index in [2.05, 4.69) is 53.1 Å². The van der Waals surface area contributed by atoms with Gasteiger partial charge in [-0.2, -0.15) is 0 Å². The van der Waals surface area contributed by atoms with Crippen LogP contribution in [0.2, 0.25) is 0 Å². The minimum absolute atomic E-state index is 0.623. The average molecular weight is 226 g/mol. The molecule has 1 saturated heterocycles. The van der Waals surface area contributed by atoms with Crippen molar-refractivity contribution in [2.24, 2.45) is 0 Å². The Morgan fingerprint density at radius 1 is 0.941 bits per heavy atom. The molecule has 1 aliphatic rings. The Hall–Kier alpha value is -1.54. The van der Waals surface area contributed by atoms with Gasteiger partial charge in [0, 0.05) is 11.7 Å². The molecule has 2 N–H and O–H groups in total. The van der Waals surface area contributed by atoms with Crippen molar-refractivity contribution in [2.45, 2.75) is 18.9 Å². The lowest BCUT2D eigenvalue weighted by molar-refractivity contribution is 0.479. The van der Waals surface area contributed by atoms with Crippen LogP contribution in [-0.4, -0.2) is 19.1 Å². The van der Waals surface area contributed by atoms with Crippen LogP contribution in [0.1, 0.15) is 12.8 Å². The maximum absolute atomic E-state index is 3.63. The second kappa shape index (κ2) is 4.76. The summed E-state index contributed by atoms with van der Waals surface area (Å²) in [5, 5.41) is 9.64. The maximum atomic E-state index is 3.63. The molecule has 0 atom stereocenters. The normalized spacial score (nSPS) is 17.2. The molecule has 1 aliphatic heterocycles. The Bertz CT molecular complexity index is 501. The molecule has 0 saturated carbocycles. The third kappa shape index (κ3) is 2.42. The molecule has 0 unspecified atom stereocenters. The van der Waals surface area contributed by atoms with E-state index in [1.807, 2.05) is 0 Å². The van der Waals surface area contributed by atoms with E-state index in [0.717, 1.165) is 13.1 Å². The van der Waals surface area contributed by atoms with Crippen molar-refractivity contribution in [3.05, 3.63) is 42.5 Å². The van der Waals surface area contributed by atoms with E-state index >= 15 is 0 Å². The van der Waals surface area contributed by atoms with Crippen molar-refractivity contribution >= 4 is 16.5 Å². The first-order valence-corrected chi connectivity index (χ1v) is 6.38. The molecule has 0 radical (unpaired) electrons. The summed E-state index contributed by atoms with van der Waals surface area (Å²) in [6, 6.07) is 15.8. The SMILES string of the molecule is c1ccc2cc(NC3CCNCC3)ccc2c1. The third-order valence-electron chi connectivity index (χ3n) is 3.46. The lowest BCUT2D eigenvalue weighted by atomic mass is 10.1. The summed E-state index contributed by atoms with van der Waals surface area (Å²) in [6.07, 6.45) is 2.43. The predicted octanol–water partition coefficient (Wildman–Crippen LogP) is 3.00. The van der Waals surface area contributed by atoms with E-state index in [1.54, 1.807) is 0 Å². The smallest absolute Gasteiger partial charge is 0.0348 e. The van der Waals surface area contributed by atoms with Gasteiger partial charge in [-0.3, -0.25) is 0 Å². The van der Waals surface area contributed by atoms with Crippen molar-refractivity contribution in [1.82, 2.24) is 5.32 Å². The molecule has 2 nitrogen and oxygen atoms in total. The number of benzene rings is 2. The molecule has 0 amide bonds. The van der Waals surface area contributed by atoms with Crippen LogP contribution in [0.4, 0.5) is 5.69 Å². The molecule has 0 spiro atoms. The monoisotopic (exact) mass is 226 g/mol. The second-order valence-electron chi connectivity index (χ2n) is 4.73. The van der Waals surface area contributed by atoms with Crippen molar-refractivity contribution in [3.63, 3.8) is 0 Å². The standard InChI is InChI=1S/C15H18N2/c1-2-4-13-11-15(6-5-12(13)3-1)17-14-7-9-16-10-8-14/h1-6,11,14,16-17H,7-10H2. The first kappa shape index (κ1) is 10.6. The first-order valence-electron chi connectivity index (χ1n) is 6.38. The highest BCUT2D eigenvalue weighted by atomic mass is 15.0. The summed E-state index contributed by atoms with van der Waals surface area (Å²) in [4.78, 5) is 0. The lowest BCUT2D eigenvalue weighted by Gasteiger charge is -2.24. The zero-order valence-electron chi connectivity index (χ0n) is 9.95. The van der Waals surface area contributed by atoms with E-state index in [-0.39, 0.29) is 0 Å². The van der Waals surface area contributed by atoms with Crippen LogP contribution in [0.15, 0.2) is 42.5 Å². The van der Waals surface area contributed by atoms with Crippen LogP contribution >= 0.6 is 0 Å². The van der Waals surface area contributed by atoms with Gasteiger partial charge in [0.25, 0.3) is 0 Å². The highest BCUT2D eigenvalue weighted by molar-refractivity contribution is 5.85. The van der Waals surface area contributed by atoms with Gasteiger partial charge < -0.3 is 10.6 Å². The van der Waals surface area contributed by atoms with Crippen molar-refractivity contribution < 1.29 is 0 Å².